The molecule has 4 rings (SSSR count). The van der Waals surface area contributed by atoms with Crippen molar-refractivity contribution >= 4 is 28.4 Å². The summed E-state index contributed by atoms with van der Waals surface area (Å²) in [5, 5.41) is 0. The van der Waals surface area contributed by atoms with Gasteiger partial charge in [0.2, 0.25) is 5.88 Å². The van der Waals surface area contributed by atoms with Gasteiger partial charge in [0.05, 0.1) is 6.10 Å². The highest BCUT2D eigenvalue weighted by molar-refractivity contribution is 7.84. The number of aromatic nitrogens is 2. The molecule has 1 saturated heterocycles. The summed E-state index contributed by atoms with van der Waals surface area (Å²) in [6, 6.07) is 7.79. The molecule has 1 amide bonds. The molecule has 166 valence electrons. The standard InChI is InChI=1S/C22H28N4O4S/c1-15(2)29-22(27)25-9-7-17(8-10-25)30-21-13-20(23-14-24-21)26-11-6-16-12-18(31(3)28)4-5-19(16)26/h4-5,12-15,17H,6-11H2,1-3H3. The van der Waals surface area contributed by atoms with Gasteiger partial charge < -0.3 is 19.3 Å². The molecular weight excluding hydrogens is 416 g/mol. The van der Waals surface area contributed by atoms with E-state index in [4.69, 9.17) is 9.47 Å². The first kappa shape index (κ1) is 21.5. The van der Waals surface area contributed by atoms with Crippen LogP contribution in [-0.2, 0) is 22.0 Å². The fraction of sp³-hybridized carbons (Fsp3) is 0.500. The van der Waals surface area contributed by atoms with Gasteiger partial charge in [0.15, 0.2) is 0 Å². The molecule has 0 spiro atoms. The lowest BCUT2D eigenvalue weighted by atomic mass is 10.1. The monoisotopic (exact) mass is 444 g/mol. The van der Waals surface area contributed by atoms with Crippen molar-refractivity contribution in [3.8, 4) is 5.88 Å². The SMILES string of the molecule is CC(C)OC(=O)N1CCC(Oc2cc(N3CCc4cc(S(C)=O)ccc43)ncn2)CC1. The van der Waals surface area contributed by atoms with E-state index in [-0.39, 0.29) is 18.3 Å². The average Bonchev–Trinajstić information content (AvgIpc) is 3.17. The Labute approximate surface area is 185 Å². The molecule has 0 aliphatic carbocycles. The summed E-state index contributed by atoms with van der Waals surface area (Å²) in [6.45, 7) is 5.72. The zero-order valence-corrected chi connectivity index (χ0v) is 18.9. The van der Waals surface area contributed by atoms with Crippen LogP contribution in [0.25, 0.3) is 0 Å². The summed E-state index contributed by atoms with van der Waals surface area (Å²) < 4.78 is 23.1. The Bertz CT molecular complexity index is 976. The molecule has 8 nitrogen and oxygen atoms in total. The summed E-state index contributed by atoms with van der Waals surface area (Å²) in [5.41, 5.74) is 2.25. The molecular formula is C22H28N4O4S. The van der Waals surface area contributed by atoms with Gasteiger partial charge in [0, 0.05) is 66.2 Å². The van der Waals surface area contributed by atoms with E-state index in [2.05, 4.69) is 14.9 Å². The van der Waals surface area contributed by atoms with Crippen LogP contribution in [0, 0.1) is 0 Å². The first-order valence-electron chi connectivity index (χ1n) is 10.6. The van der Waals surface area contributed by atoms with Gasteiger partial charge in [0.1, 0.15) is 18.2 Å². The minimum Gasteiger partial charge on any atom is -0.474 e. The van der Waals surface area contributed by atoms with Crippen LogP contribution in [-0.4, -0.2) is 63.3 Å². The second-order valence-corrected chi connectivity index (χ2v) is 9.48. The van der Waals surface area contributed by atoms with Crippen LogP contribution in [0.1, 0.15) is 32.3 Å². The Hall–Kier alpha value is -2.68. The molecule has 9 heteroatoms. The van der Waals surface area contributed by atoms with Crippen LogP contribution >= 0.6 is 0 Å². The fourth-order valence-electron chi connectivity index (χ4n) is 3.94. The number of carbonyl (C=O) groups excluding carboxylic acids is 1. The molecule has 0 saturated carbocycles. The van der Waals surface area contributed by atoms with E-state index in [1.165, 1.54) is 11.9 Å². The number of amides is 1. The average molecular weight is 445 g/mol. The number of likely N-dealkylation sites (tertiary alicyclic amines) is 1. The number of carbonyl (C=O) groups is 1. The second-order valence-electron chi connectivity index (χ2n) is 8.10. The van der Waals surface area contributed by atoms with Crippen molar-refractivity contribution < 1.29 is 18.5 Å². The normalized spacial score (nSPS) is 17.5. The number of hydrogen-bond donors (Lipinski definition) is 0. The van der Waals surface area contributed by atoms with Gasteiger partial charge in [-0.2, -0.15) is 0 Å². The molecule has 1 aromatic carbocycles. The highest BCUT2D eigenvalue weighted by atomic mass is 32.2. The third-order valence-corrected chi connectivity index (χ3v) is 6.42. The van der Waals surface area contributed by atoms with E-state index in [0.29, 0.717) is 19.0 Å². The highest BCUT2D eigenvalue weighted by Gasteiger charge is 2.27. The van der Waals surface area contributed by atoms with Crippen LogP contribution in [0.15, 0.2) is 35.5 Å². The smallest absolute Gasteiger partial charge is 0.410 e. The number of piperidine rings is 1. The van der Waals surface area contributed by atoms with E-state index in [0.717, 1.165) is 42.2 Å². The van der Waals surface area contributed by atoms with Gasteiger partial charge in [-0.25, -0.2) is 14.8 Å². The Kier molecular flexibility index (Phi) is 6.41. The van der Waals surface area contributed by atoms with Crippen LogP contribution in [0.2, 0.25) is 0 Å². The molecule has 1 fully saturated rings. The highest BCUT2D eigenvalue weighted by Crippen LogP contribution is 2.35. The van der Waals surface area contributed by atoms with E-state index in [9.17, 15) is 9.00 Å². The number of benzene rings is 1. The lowest BCUT2D eigenvalue weighted by Crippen LogP contribution is -2.42. The van der Waals surface area contributed by atoms with Crippen molar-refractivity contribution in [1.29, 1.82) is 0 Å². The Morgan fingerprint density at radius 3 is 2.65 bits per heavy atom. The predicted octanol–water partition coefficient (Wildman–Crippen LogP) is 3.30. The molecule has 2 aliphatic rings. The molecule has 1 unspecified atom stereocenters. The van der Waals surface area contributed by atoms with E-state index in [1.807, 2.05) is 38.1 Å². The summed E-state index contributed by atoms with van der Waals surface area (Å²) in [6.07, 6.45) is 5.18. The zero-order valence-electron chi connectivity index (χ0n) is 18.1. The van der Waals surface area contributed by atoms with Crippen LogP contribution in [0.3, 0.4) is 0 Å². The topological polar surface area (TPSA) is 84.9 Å². The molecule has 0 N–H and O–H groups in total. The number of hydrogen-bond acceptors (Lipinski definition) is 7. The summed E-state index contributed by atoms with van der Waals surface area (Å²) in [7, 11) is -0.991. The Morgan fingerprint density at radius 1 is 1.16 bits per heavy atom. The largest absolute Gasteiger partial charge is 0.474 e. The first-order valence-corrected chi connectivity index (χ1v) is 12.1. The third-order valence-electron chi connectivity index (χ3n) is 5.51. The van der Waals surface area contributed by atoms with E-state index in [1.54, 1.807) is 11.2 Å². The maximum absolute atomic E-state index is 12.0. The lowest BCUT2D eigenvalue weighted by molar-refractivity contribution is 0.0507. The number of anilines is 2. The number of fused-ring (bicyclic) bond motifs is 1. The van der Waals surface area contributed by atoms with E-state index < -0.39 is 10.8 Å². The van der Waals surface area contributed by atoms with Gasteiger partial charge in [-0.15, -0.1) is 0 Å². The number of ether oxygens (including phenoxy) is 2. The third kappa shape index (κ3) is 4.98. The van der Waals surface area contributed by atoms with Crippen molar-refractivity contribution in [1.82, 2.24) is 14.9 Å². The Balaban J connectivity index is 1.39. The van der Waals surface area contributed by atoms with Crippen LogP contribution < -0.4 is 9.64 Å². The van der Waals surface area contributed by atoms with Crippen molar-refractivity contribution in [2.75, 3.05) is 30.8 Å². The quantitative estimate of drug-likeness (QED) is 0.699. The minimum absolute atomic E-state index is 0.00111. The van der Waals surface area contributed by atoms with E-state index >= 15 is 0 Å². The summed E-state index contributed by atoms with van der Waals surface area (Å²) in [5.74, 6) is 1.32. The van der Waals surface area contributed by atoms with Crippen LogP contribution in [0.5, 0.6) is 5.88 Å². The molecule has 2 aliphatic heterocycles. The Morgan fingerprint density at radius 2 is 1.94 bits per heavy atom. The molecule has 0 bridgehead atoms. The summed E-state index contributed by atoms with van der Waals surface area (Å²) >= 11 is 0. The van der Waals surface area contributed by atoms with Gasteiger partial charge in [-0.3, -0.25) is 4.21 Å². The van der Waals surface area contributed by atoms with Gasteiger partial charge in [-0.05, 0) is 44.0 Å². The lowest BCUT2D eigenvalue weighted by Gasteiger charge is -2.31. The maximum Gasteiger partial charge on any atom is 0.410 e. The van der Waals surface area contributed by atoms with Crippen molar-refractivity contribution in [2.45, 2.75) is 50.2 Å². The zero-order chi connectivity index (χ0) is 22.0. The molecule has 2 aromatic rings. The molecule has 1 aromatic heterocycles. The predicted molar refractivity (Wildman–Crippen MR) is 118 cm³/mol. The maximum atomic E-state index is 12.0. The second kappa shape index (κ2) is 9.21. The van der Waals surface area contributed by atoms with Crippen LogP contribution in [0.4, 0.5) is 16.3 Å². The number of rotatable bonds is 5. The van der Waals surface area contributed by atoms with Gasteiger partial charge >= 0.3 is 6.09 Å². The summed E-state index contributed by atoms with van der Waals surface area (Å²) in [4.78, 5) is 25.5. The van der Waals surface area contributed by atoms with Crippen molar-refractivity contribution in [3.63, 3.8) is 0 Å². The minimum atomic E-state index is -0.991. The van der Waals surface area contributed by atoms with Gasteiger partial charge in [-0.1, -0.05) is 0 Å². The molecule has 3 heterocycles. The van der Waals surface area contributed by atoms with Crippen molar-refractivity contribution in [3.05, 3.63) is 36.2 Å². The molecule has 0 radical (unpaired) electrons. The molecule has 31 heavy (non-hydrogen) atoms. The molecule has 1 atom stereocenters. The first-order chi connectivity index (χ1) is 14.9. The van der Waals surface area contributed by atoms with Gasteiger partial charge in [0.25, 0.3) is 0 Å². The number of nitrogens with zero attached hydrogens (tertiary/aromatic N) is 4. The fourth-order valence-corrected chi connectivity index (χ4v) is 4.51. The van der Waals surface area contributed by atoms with Crippen molar-refractivity contribution in [2.24, 2.45) is 0 Å².